The van der Waals surface area contributed by atoms with Crippen molar-refractivity contribution >= 4 is 6.09 Å². The first-order valence-electron chi connectivity index (χ1n) is 5.86. The molecule has 3 nitrogen and oxygen atoms in total. The number of carbonyl (C=O) groups excluding carboxylic acids is 1. The van der Waals surface area contributed by atoms with Gasteiger partial charge in [0.25, 0.3) is 0 Å². The van der Waals surface area contributed by atoms with Gasteiger partial charge in [-0.05, 0) is 12.0 Å². The van der Waals surface area contributed by atoms with Crippen LogP contribution < -0.4 is 5.32 Å². The molecular weight excluding hydrogens is 214 g/mol. The minimum atomic E-state index is -0.396. The molecule has 0 spiro atoms. The van der Waals surface area contributed by atoms with Gasteiger partial charge < -0.3 is 10.1 Å². The van der Waals surface area contributed by atoms with Gasteiger partial charge in [0.2, 0.25) is 0 Å². The fourth-order valence-electron chi connectivity index (χ4n) is 1.48. The predicted octanol–water partition coefficient (Wildman–Crippen LogP) is 3.27. The number of hydrogen-bond donors (Lipinski definition) is 1. The monoisotopic (exact) mass is 233 g/mol. The third kappa shape index (κ3) is 5.20. The van der Waals surface area contributed by atoms with Gasteiger partial charge in [-0.25, -0.2) is 4.79 Å². The molecule has 1 amide bonds. The summed E-state index contributed by atoms with van der Waals surface area (Å²) in [5.74, 6) is 0. The van der Waals surface area contributed by atoms with Crippen molar-refractivity contribution in [3.8, 4) is 0 Å². The van der Waals surface area contributed by atoms with E-state index < -0.39 is 6.09 Å². The number of benzene rings is 1. The largest absolute Gasteiger partial charge is 0.445 e. The van der Waals surface area contributed by atoms with Crippen molar-refractivity contribution in [3.63, 3.8) is 0 Å². The molecule has 0 aliphatic rings. The Labute approximate surface area is 102 Å². The number of nitrogens with one attached hydrogen (secondary N) is 1. The van der Waals surface area contributed by atoms with Crippen LogP contribution >= 0.6 is 0 Å². The van der Waals surface area contributed by atoms with Crippen LogP contribution in [-0.2, 0) is 11.3 Å². The molecule has 1 aromatic carbocycles. The molecule has 17 heavy (non-hydrogen) atoms. The molecule has 1 rings (SSSR count). The van der Waals surface area contributed by atoms with E-state index in [-0.39, 0.29) is 6.04 Å². The highest BCUT2D eigenvalue weighted by molar-refractivity contribution is 5.67. The topological polar surface area (TPSA) is 38.3 Å². The molecule has 0 saturated heterocycles. The van der Waals surface area contributed by atoms with Crippen LogP contribution in [0.2, 0.25) is 0 Å². The summed E-state index contributed by atoms with van der Waals surface area (Å²) in [4.78, 5) is 11.5. The Balaban J connectivity index is 2.32. The van der Waals surface area contributed by atoms with Crippen molar-refractivity contribution in [2.45, 2.75) is 32.4 Å². The van der Waals surface area contributed by atoms with E-state index in [1.165, 1.54) is 0 Å². The third-order valence-electron chi connectivity index (χ3n) is 2.40. The van der Waals surface area contributed by atoms with Gasteiger partial charge in [-0.1, -0.05) is 49.8 Å². The van der Waals surface area contributed by atoms with Crippen LogP contribution in [0.3, 0.4) is 0 Å². The molecular formula is C14H19NO2. The molecule has 0 radical (unpaired) electrons. The highest BCUT2D eigenvalue weighted by atomic mass is 16.5. The first kappa shape index (κ1) is 13.3. The van der Waals surface area contributed by atoms with Gasteiger partial charge in [-0.15, -0.1) is 6.58 Å². The third-order valence-corrected chi connectivity index (χ3v) is 2.40. The van der Waals surface area contributed by atoms with E-state index >= 15 is 0 Å². The van der Waals surface area contributed by atoms with Gasteiger partial charge in [0.05, 0.1) is 6.04 Å². The van der Waals surface area contributed by atoms with Gasteiger partial charge in [0, 0.05) is 0 Å². The summed E-state index contributed by atoms with van der Waals surface area (Å²) in [7, 11) is 0. The highest BCUT2D eigenvalue weighted by Crippen LogP contribution is 2.02. The van der Waals surface area contributed by atoms with Crippen molar-refractivity contribution in [1.82, 2.24) is 5.32 Å². The summed E-state index contributed by atoms with van der Waals surface area (Å²) in [5, 5.41) is 2.76. The van der Waals surface area contributed by atoms with Crippen LogP contribution in [-0.4, -0.2) is 12.1 Å². The van der Waals surface area contributed by atoms with Gasteiger partial charge in [-0.3, -0.25) is 0 Å². The van der Waals surface area contributed by atoms with Crippen molar-refractivity contribution in [1.29, 1.82) is 0 Å². The summed E-state index contributed by atoms with van der Waals surface area (Å²) >= 11 is 0. The Morgan fingerprint density at radius 2 is 2.18 bits per heavy atom. The Kier molecular flexibility index (Phi) is 5.86. The van der Waals surface area contributed by atoms with Gasteiger partial charge in [-0.2, -0.15) is 0 Å². The summed E-state index contributed by atoms with van der Waals surface area (Å²) in [6, 6.07) is 9.59. The lowest BCUT2D eigenvalue weighted by molar-refractivity contribution is 0.137. The fraction of sp³-hybridized carbons (Fsp3) is 0.357. The number of alkyl carbamates (subject to hydrolysis) is 1. The van der Waals surface area contributed by atoms with Crippen LogP contribution in [0, 0.1) is 0 Å². The molecule has 0 aromatic heterocycles. The minimum absolute atomic E-state index is 0.0109. The quantitative estimate of drug-likeness (QED) is 0.766. The highest BCUT2D eigenvalue weighted by Gasteiger charge is 2.08. The Bertz CT molecular complexity index is 348. The number of amides is 1. The molecule has 1 N–H and O–H groups in total. The summed E-state index contributed by atoms with van der Waals surface area (Å²) in [5.41, 5.74) is 0.980. The maximum atomic E-state index is 11.5. The maximum Gasteiger partial charge on any atom is 0.407 e. The van der Waals surface area contributed by atoms with Crippen molar-refractivity contribution in [2.24, 2.45) is 0 Å². The molecule has 0 saturated carbocycles. The Hall–Kier alpha value is -1.77. The average molecular weight is 233 g/mol. The fourth-order valence-corrected chi connectivity index (χ4v) is 1.48. The number of rotatable bonds is 6. The molecule has 0 unspecified atom stereocenters. The van der Waals surface area contributed by atoms with Crippen LogP contribution in [0.1, 0.15) is 25.3 Å². The Morgan fingerprint density at radius 3 is 2.76 bits per heavy atom. The lowest BCUT2D eigenvalue weighted by Crippen LogP contribution is -2.33. The van der Waals surface area contributed by atoms with Gasteiger partial charge in [0.15, 0.2) is 0 Å². The molecule has 0 bridgehead atoms. The van der Waals surface area contributed by atoms with Crippen LogP contribution in [0.4, 0.5) is 4.79 Å². The zero-order valence-corrected chi connectivity index (χ0v) is 10.2. The maximum absolute atomic E-state index is 11.5. The molecule has 3 heteroatoms. The van der Waals surface area contributed by atoms with Crippen LogP contribution in [0.15, 0.2) is 43.0 Å². The van der Waals surface area contributed by atoms with Gasteiger partial charge in [0.1, 0.15) is 6.61 Å². The number of carbonyl (C=O) groups is 1. The minimum Gasteiger partial charge on any atom is -0.445 e. The molecule has 92 valence electrons. The van der Waals surface area contributed by atoms with E-state index in [1.807, 2.05) is 30.3 Å². The normalized spacial score (nSPS) is 11.6. The summed E-state index contributed by atoms with van der Waals surface area (Å²) in [6.45, 7) is 6.04. The second kappa shape index (κ2) is 7.49. The standard InChI is InChI=1S/C14H19NO2/c1-3-8-13(4-2)15-14(16)17-11-12-9-6-5-7-10-12/h4-7,9-10,13H,2-3,8,11H2,1H3,(H,15,16)/t13-/m0/s1. The van der Waals surface area contributed by atoms with E-state index in [0.29, 0.717) is 6.61 Å². The van der Waals surface area contributed by atoms with Crippen LogP contribution in [0.25, 0.3) is 0 Å². The first-order valence-corrected chi connectivity index (χ1v) is 5.86. The van der Waals surface area contributed by atoms with E-state index in [9.17, 15) is 4.79 Å². The van der Waals surface area contributed by atoms with Crippen LogP contribution in [0.5, 0.6) is 0 Å². The molecule has 1 atom stereocenters. The van der Waals surface area contributed by atoms with E-state index in [2.05, 4.69) is 18.8 Å². The molecule has 0 fully saturated rings. The zero-order chi connectivity index (χ0) is 12.5. The zero-order valence-electron chi connectivity index (χ0n) is 10.2. The number of ether oxygens (including phenoxy) is 1. The summed E-state index contributed by atoms with van der Waals surface area (Å²) in [6.07, 6.45) is 3.21. The van der Waals surface area contributed by atoms with E-state index in [0.717, 1.165) is 18.4 Å². The lowest BCUT2D eigenvalue weighted by Gasteiger charge is -2.13. The second-order valence-corrected chi connectivity index (χ2v) is 3.84. The van der Waals surface area contributed by atoms with E-state index in [4.69, 9.17) is 4.74 Å². The van der Waals surface area contributed by atoms with Crippen molar-refractivity contribution in [3.05, 3.63) is 48.6 Å². The smallest absolute Gasteiger partial charge is 0.407 e. The lowest BCUT2D eigenvalue weighted by atomic mass is 10.2. The number of hydrogen-bond acceptors (Lipinski definition) is 2. The second-order valence-electron chi connectivity index (χ2n) is 3.84. The SMILES string of the molecule is C=C[C@@H](CCC)NC(=O)OCc1ccccc1. The average Bonchev–Trinajstić information content (AvgIpc) is 2.37. The molecule has 0 heterocycles. The van der Waals surface area contributed by atoms with Crippen molar-refractivity contribution < 1.29 is 9.53 Å². The van der Waals surface area contributed by atoms with Crippen molar-refractivity contribution in [2.75, 3.05) is 0 Å². The predicted molar refractivity (Wildman–Crippen MR) is 68.7 cm³/mol. The molecule has 0 aliphatic carbocycles. The van der Waals surface area contributed by atoms with Gasteiger partial charge >= 0.3 is 6.09 Å². The molecule has 1 aromatic rings. The van der Waals surface area contributed by atoms with E-state index in [1.54, 1.807) is 6.08 Å². The first-order chi connectivity index (χ1) is 8.26. The molecule has 0 aliphatic heterocycles. The Morgan fingerprint density at radius 1 is 1.47 bits per heavy atom. The summed E-state index contributed by atoms with van der Waals surface area (Å²) < 4.78 is 5.11.